The molecule has 1 heterocycles. The lowest BCUT2D eigenvalue weighted by atomic mass is 10.1. The fourth-order valence-electron chi connectivity index (χ4n) is 2.01. The molecule has 0 radical (unpaired) electrons. The number of piperidine rings is 1. The molecule has 1 aliphatic heterocycles. The maximum atomic E-state index is 5.80. The van der Waals surface area contributed by atoms with Gasteiger partial charge in [0, 0.05) is 24.5 Å². The minimum atomic E-state index is 0. The lowest BCUT2D eigenvalue weighted by Crippen LogP contribution is -2.29. The van der Waals surface area contributed by atoms with E-state index in [9.17, 15) is 0 Å². The number of benzene rings is 1. The maximum absolute atomic E-state index is 5.80. The van der Waals surface area contributed by atoms with E-state index in [2.05, 4.69) is 24.0 Å². The van der Waals surface area contributed by atoms with Crippen LogP contribution in [0.25, 0.3) is 0 Å². The molecule has 0 atom stereocenters. The summed E-state index contributed by atoms with van der Waals surface area (Å²) in [5, 5.41) is 0. The van der Waals surface area contributed by atoms with E-state index >= 15 is 0 Å². The average Bonchev–Trinajstić information content (AvgIpc) is 2.23. The molecule has 0 aliphatic carbocycles. The van der Waals surface area contributed by atoms with Gasteiger partial charge in [0.25, 0.3) is 0 Å². The molecule has 2 rings (SSSR count). The summed E-state index contributed by atoms with van der Waals surface area (Å²) in [7, 11) is 0. The van der Waals surface area contributed by atoms with Crippen LogP contribution in [0.3, 0.4) is 0 Å². The second kappa shape index (κ2) is 5.26. The Hall–Kier alpha value is -0.890. The van der Waals surface area contributed by atoms with Crippen molar-refractivity contribution in [2.45, 2.75) is 26.2 Å². The minimum Gasteiger partial charge on any atom is -0.399 e. The monoisotopic (exact) mass is 226 g/mol. The summed E-state index contributed by atoms with van der Waals surface area (Å²) < 4.78 is 0. The topological polar surface area (TPSA) is 29.3 Å². The normalized spacial score (nSPS) is 15.9. The van der Waals surface area contributed by atoms with Gasteiger partial charge in [-0.25, -0.2) is 0 Å². The van der Waals surface area contributed by atoms with E-state index in [0.29, 0.717) is 0 Å². The highest BCUT2D eigenvalue weighted by Crippen LogP contribution is 2.23. The highest BCUT2D eigenvalue weighted by molar-refractivity contribution is 5.85. The minimum absolute atomic E-state index is 0. The number of rotatable bonds is 1. The molecule has 0 saturated carbocycles. The van der Waals surface area contributed by atoms with Crippen LogP contribution in [0.5, 0.6) is 0 Å². The first-order chi connectivity index (χ1) is 6.77. The van der Waals surface area contributed by atoms with E-state index in [-0.39, 0.29) is 12.4 Å². The van der Waals surface area contributed by atoms with E-state index in [1.54, 1.807) is 0 Å². The van der Waals surface area contributed by atoms with Gasteiger partial charge in [0.1, 0.15) is 0 Å². The number of hydrogen-bond donors (Lipinski definition) is 1. The molecule has 1 aromatic carbocycles. The lowest BCUT2D eigenvalue weighted by molar-refractivity contribution is 0.578. The number of hydrogen-bond acceptors (Lipinski definition) is 2. The molecule has 1 aromatic rings. The van der Waals surface area contributed by atoms with Gasteiger partial charge < -0.3 is 10.6 Å². The molecular weight excluding hydrogens is 208 g/mol. The highest BCUT2D eigenvalue weighted by atomic mass is 35.5. The zero-order valence-corrected chi connectivity index (χ0v) is 10.0. The molecule has 1 fully saturated rings. The summed E-state index contributed by atoms with van der Waals surface area (Å²) in [5.74, 6) is 0. The van der Waals surface area contributed by atoms with Gasteiger partial charge in [-0.1, -0.05) is 0 Å². The van der Waals surface area contributed by atoms with Crippen molar-refractivity contribution in [3.05, 3.63) is 23.8 Å². The van der Waals surface area contributed by atoms with Crippen LogP contribution in [0, 0.1) is 6.92 Å². The molecule has 0 aromatic heterocycles. The second-order valence-electron chi connectivity index (χ2n) is 4.09. The van der Waals surface area contributed by atoms with E-state index < -0.39 is 0 Å². The lowest BCUT2D eigenvalue weighted by Gasteiger charge is -2.29. The van der Waals surface area contributed by atoms with Gasteiger partial charge in [-0.05, 0) is 49.9 Å². The summed E-state index contributed by atoms with van der Waals surface area (Å²) in [6.45, 7) is 4.47. The van der Waals surface area contributed by atoms with E-state index in [4.69, 9.17) is 5.73 Å². The third-order valence-corrected chi connectivity index (χ3v) is 2.97. The quantitative estimate of drug-likeness (QED) is 0.746. The zero-order valence-electron chi connectivity index (χ0n) is 9.20. The van der Waals surface area contributed by atoms with Crippen molar-refractivity contribution in [2.24, 2.45) is 0 Å². The molecule has 1 saturated heterocycles. The zero-order chi connectivity index (χ0) is 9.97. The number of anilines is 2. The first kappa shape index (κ1) is 12.2. The van der Waals surface area contributed by atoms with Crippen LogP contribution in [0.2, 0.25) is 0 Å². The van der Waals surface area contributed by atoms with Gasteiger partial charge in [-0.2, -0.15) is 0 Å². The Morgan fingerprint density at radius 3 is 2.40 bits per heavy atom. The van der Waals surface area contributed by atoms with Crippen LogP contribution in [0.1, 0.15) is 24.8 Å². The van der Waals surface area contributed by atoms with Gasteiger partial charge in [0.15, 0.2) is 0 Å². The van der Waals surface area contributed by atoms with Gasteiger partial charge in [-0.15, -0.1) is 12.4 Å². The molecule has 0 bridgehead atoms. The Balaban J connectivity index is 0.00000112. The van der Waals surface area contributed by atoms with Crippen LogP contribution in [-0.2, 0) is 0 Å². The molecular formula is C12H19ClN2. The predicted octanol–water partition coefficient (Wildman–Crippen LogP) is 2.99. The fraction of sp³-hybridized carbons (Fsp3) is 0.500. The highest BCUT2D eigenvalue weighted by Gasteiger charge is 2.10. The van der Waals surface area contributed by atoms with Crippen LogP contribution in [0.4, 0.5) is 11.4 Å². The molecule has 84 valence electrons. The Morgan fingerprint density at radius 1 is 1.13 bits per heavy atom. The van der Waals surface area contributed by atoms with Gasteiger partial charge in [0.05, 0.1) is 0 Å². The Kier molecular flexibility index (Phi) is 4.28. The van der Waals surface area contributed by atoms with E-state index in [0.717, 1.165) is 5.69 Å². The van der Waals surface area contributed by atoms with Crippen LogP contribution < -0.4 is 10.6 Å². The molecule has 2 nitrogen and oxygen atoms in total. The third-order valence-electron chi connectivity index (χ3n) is 2.97. The van der Waals surface area contributed by atoms with Crippen LogP contribution in [-0.4, -0.2) is 13.1 Å². The number of aryl methyl sites for hydroxylation is 1. The van der Waals surface area contributed by atoms with Crippen molar-refractivity contribution in [3.8, 4) is 0 Å². The van der Waals surface area contributed by atoms with Crippen LogP contribution >= 0.6 is 12.4 Å². The molecule has 0 spiro atoms. The Morgan fingerprint density at radius 2 is 1.80 bits per heavy atom. The first-order valence-corrected chi connectivity index (χ1v) is 5.38. The second-order valence-corrected chi connectivity index (χ2v) is 4.09. The van der Waals surface area contributed by atoms with Gasteiger partial charge in [0.2, 0.25) is 0 Å². The first-order valence-electron chi connectivity index (χ1n) is 5.38. The van der Waals surface area contributed by atoms with Crippen molar-refractivity contribution in [1.82, 2.24) is 0 Å². The third kappa shape index (κ3) is 2.78. The Labute approximate surface area is 97.9 Å². The standard InChI is InChI=1S/C12H18N2.ClH/c1-10-9-11(5-6-12(10)13)14-7-3-2-4-8-14;/h5-6,9H,2-4,7-8,13H2,1H3;1H. The number of nitrogen functional groups attached to an aromatic ring is 1. The number of halogens is 1. The maximum Gasteiger partial charge on any atom is 0.0370 e. The van der Waals surface area contributed by atoms with E-state index in [1.165, 1.54) is 43.6 Å². The van der Waals surface area contributed by atoms with Crippen LogP contribution in [0.15, 0.2) is 18.2 Å². The average molecular weight is 227 g/mol. The smallest absolute Gasteiger partial charge is 0.0370 e. The van der Waals surface area contributed by atoms with Gasteiger partial charge >= 0.3 is 0 Å². The molecule has 15 heavy (non-hydrogen) atoms. The largest absolute Gasteiger partial charge is 0.399 e. The summed E-state index contributed by atoms with van der Waals surface area (Å²) in [5.41, 5.74) is 9.21. The molecule has 2 N–H and O–H groups in total. The van der Waals surface area contributed by atoms with Crippen molar-refractivity contribution < 1.29 is 0 Å². The van der Waals surface area contributed by atoms with Crippen molar-refractivity contribution in [1.29, 1.82) is 0 Å². The SMILES string of the molecule is Cc1cc(N2CCCCC2)ccc1N.Cl. The summed E-state index contributed by atoms with van der Waals surface area (Å²) in [6.07, 6.45) is 4.03. The summed E-state index contributed by atoms with van der Waals surface area (Å²) in [6, 6.07) is 6.34. The Bertz CT molecular complexity index is 319. The van der Waals surface area contributed by atoms with Crippen molar-refractivity contribution in [3.63, 3.8) is 0 Å². The number of nitrogens with two attached hydrogens (primary N) is 1. The van der Waals surface area contributed by atoms with Gasteiger partial charge in [-0.3, -0.25) is 0 Å². The molecule has 0 amide bonds. The molecule has 1 aliphatic rings. The summed E-state index contributed by atoms with van der Waals surface area (Å²) >= 11 is 0. The predicted molar refractivity (Wildman–Crippen MR) is 68.9 cm³/mol. The van der Waals surface area contributed by atoms with E-state index in [1.807, 2.05) is 6.07 Å². The van der Waals surface area contributed by atoms with Crippen molar-refractivity contribution in [2.75, 3.05) is 23.7 Å². The summed E-state index contributed by atoms with van der Waals surface area (Å²) in [4.78, 5) is 2.45. The molecule has 0 unspecified atom stereocenters. The number of nitrogens with zero attached hydrogens (tertiary/aromatic N) is 1. The molecule has 3 heteroatoms. The van der Waals surface area contributed by atoms with Crippen molar-refractivity contribution >= 4 is 23.8 Å². The fourth-order valence-corrected chi connectivity index (χ4v) is 2.01.